The number of rotatable bonds is 9. The van der Waals surface area contributed by atoms with Crippen LogP contribution >= 0.6 is 0 Å². The molecule has 0 aliphatic carbocycles. The Labute approximate surface area is 216 Å². The predicted molar refractivity (Wildman–Crippen MR) is 139 cm³/mol. The molecule has 1 amide bonds. The van der Waals surface area contributed by atoms with Crippen molar-refractivity contribution in [1.82, 2.24) is 10.2 Å². The van der Waals surface area contributed by atoms with Crippen molar-refractivity contribution < 1.29 is 28.6 Å². The van der Waals surface area contributed by atoms with Gasteiger partial charge < -0.3 is 24.4 Å². The largest absolute Gasteiger partial charge is 0.493 e. The molecule has 0 spiro atoms. The lowest BCUT2D eigenvalue weighted by molar-refractivity contribution is -0.134. The molecule has 2 aromatic rings. The number of hydrogen-bond donors (Lipinski definition) is 2. The summed E-state index contributed by atoms with van der Waals surface area (Å²) in [6.45, 7) is 8.60. The van der Waals surface area contributed by atoms with Crippen molar-refractivity contribution in [3.05, 3.63) is 70.5 Å². The van der Waals surface area contributed by atoms with Crippen LogP contribution in [-0.2, 0) is 21.5 Å². The van der Waals surface area contributed by atoms with E-state index in [0.29, 0.717) is 41.3 Å². The molecular weight excluding hydrogens is 474 g/mol. The molecule has 0 atom stereocenters. The molecule has 1 aliphatic heterocycles. The maximum atomic E-state index is 13.3. The van der Waals surface area contributed by atoms with Crippen LogP contribution in [0.3, 0.4) is 0 Å². The van der Waals surface area contributed by atoms with Crippen LogP contribution in [0.15, 0.2) is 42.7 Å². The smallest absolute Gasteiger partial charge is 0.333 e. The first kappa shape index (κ1) is 27.4. The molecule has 1 heterocycles. The fourth-order valence-electron chi connectivity index (χ4n) is 4.04. The minimum Gasteiger partial charge on any atom is -0.493 e. The number of fused-ring (bicyclic) bond motifs is 1. The molecule has 0 radical (unpaired) electrons. The van der Waals surface area contributed by atoms with Crippen LogP contribution in [0.2, 0.25) is 0 Å². The third kappa shape index (κ3) is 6.17. The van der Waals surface area contributed by atoms with Crippen molar-refractivity contribution in [2.45, 2.75) is 39.7 Å². The highest BCUT2D eigenvalue weighted by Gasteiger charge is 2.30. The van der Waals surface area contributed by atoms with Gasteiger partial charge in [-0.1, -0.05) is 20.8 Å². The first-order valence-corrected chi connectivity index (χ1v) is 11.9. The average molecular weight is 508 g/mol. The van der Waals surface area contributed by atoms with Crippen molar-refractivity contribution in [2.24, 2.45) is 0 Å². The minimum absolute atomic E-state index is 0.00117. The molecule has 2 aromatic carbocycles. The number of hydrogen-bond acceptors (Lipinski definition) is 7. The van der Waals surface area contributed by atoms with Gasteiger partial charge in [-0.2, -0.15) is 0 Å². The van der Waals surface area contributed by atoms with Gasteiger partial charge in [0, 0.05) is 30.3 Å². The maximum absolute atomic E-state index is 13.3. The van der Waals surface area contributed by atoms with Crippen molar-refractivity contribution in [2.75, 3.05) is 27.3 Å². The Bertz CT molecular complexity index is 1260. The molecule has 1 aliphatic rings. The second-order valence-electron chi connectivity index (χ2n) is 9.55. The summed E-state index contributed by atoms with van der Waals surface area (Å²) in [7, 11) is 2.82. The maximum Gasteiger partial charge on any atom is 0.333 e. The zero-order chi connectivity index (χ0) is 27.3. The Morgan fingerprint density at radius 2 is 1.86 bits per heavy atom. The molecule has 0 fully saturated rings. The van der Waals surface area contributed by atoms with E-state index in [1.54, 1.807) is 42.3 Å². The number of ketones is 1. The number of amidine groups is 1. The lowest BCUT2D eigenvalue weighted by atomic mass is 9.85. The summed E-state index contributed by atoms with van der Waals surface area (Å²) >= 11 is 0. The summed E-state index contributed by atoms with van der Waals surface area (Å²) in [5.74, 6) is 0.168. The van der Waals surface area contributed by atoms with Gasteiger partial charge in [0.25, 0.3) is 5.91 Å². The Morgan fingerprint density at radius 3 is 2.49 bits per heavy atom. The van der Waals surface area contributed by atoms with Crippen LogP contribution in [0.4, 0.5) is 0 Å². The third-order valence-electron chi connectivity index (χ3n) is 5.95. The van der Waals surface area contributed by atoms with Crippen LogP contribution in [0, 0.1) is 5.41 Å². The Kier molecular flexibility index (Phi) is 8.37. The lowest BCUT2D eigenvalue weighted by Gasteiger charge is -2.23. The molecule has 0 unspecified atom stereocenters. The predicted octanol–water partition coefficient (Wildman–Crippen LogP) is 3.83. The van der Waals surface area contributed by atoms with E-state index in [2.05, 4.69) is 10.1 Å². The highest BCUT2D eigenvalue weighted by atomic mass is 16.5. The summed E-state index contributed by atoms with van der Waals surface area (Å²) in [4.78, 5) is 38.6. The van der Waals surface area contributed by atoms with Crippen LogP contribution < -0.4 is 14.8 Å². The van der Waals surface area contributed by atoms with Gasteiger partial charge in [0.2, 0.25) is 0 Å². The number of nitrogens with zero attached hydrogens (tertiary/aromatic N) is 1. The fourth-order valence-corrected chi connectivity index (χ4v) is 4.04. The fraction of sp³-hybridized carbons (Fsp3) is 0.357. The third-order valence-corrected chi connectivity index (χ3v) is 5.95. The standard InChI is InChI=1S/C28H33N3O6/c1-7-36-24-13-18-15-31(26(29)19(18)14-20(24)27(34)30-5)16-22(32)17-8-9-23(21(12-17)28(2,3)4)37-11-10-25(33)35-6/h8-14,29H,7,15-16H2,1-6H3,(H,30,34). The van der Waals surface area contributed by atoms with Gasteiger partial charge in [-0.25, -0.2) is 4.79 Å². The molecule has 196 valence electrons. The highest BCUT2D eigenvalue weighted by molar-refractivity contribution is 6.07. The van der Waals surface area contributed by atoms with Gasteiger partial charge in [-0.05, 0) is 48.2 Å². The van der Waals surface area contributed by atoms with Gasteiger partial charge in [0.1, 0.15) is 17.3 Å². The molecule has 3 rings (SSSR count). The monoisotopic (exact) mass is 507 g/mol. The van der Waals surface area contributed by atoms with Gasteiger partial charge in [-0.3, -0.25) is 15.0 Å². The van der Waals surface area contributed by atoms with E-state index in [4.69, 9.17) is 14.9 Å². The molecule has 37 heavy (non-hydrogen) atoms. The highest BCUT2D eigenvalue weighted by Crippen LogP contribution is 2.34. The van der Waals surface area contributed by atoms with E-state index in [1.807, 2.05) is 27.7 Å². The first-order valence-electron chi connectivity index (χ1n) is 11.9. The molecule has 2 N–H and O–H groups in total. The average Bonchev–Trinajstić information content (AvgIpc) is 3.16. The quantitative estimate of drug-likeness (QED) is 0.229. The first-order chi connectivity index (χ1) is 17.5. The van der Waals surface area contributed by atoms with Crippen molar-refractivity contribution in [3.63, 3.8) is 0 Å². The minimum atomic E-state index is -0.533. The number of nitrogens with one attached hydrogen (secondary N) is 2. The molecule has 9 nitrogen and oxygen atoms in total. The number of carbonyl (C=O) groups excluding carboxylic acids is 3. The molecular formula is C28H33N3O6. The van der Waals surface area contributed by atoms with E-state index in [0.717, 1.165) is 11.1 Å². The van der Waals surface area contributed by atoms with E-state index in [-0.39, 0.29) is 29.5 Å². The second kappa shape index (κ2) is 11.3. The van der Waals surface area contributed by atoms with Crippen LogP contribution in [0.1, 0.15) is 65.1 Å². The molecule has 9 heteroatoms. The van der Waals surface area contributed by atoms with E-state index in [9.17, 15) is 14.4 Å². The van der Waals surface area contributed by atoms with Gasteiger partial charge in [-0.15, -0.1) is 0 Å². The summed E-state index contributed by atoms with van der Waals surface area (Å²) in [5.41, 5.74) is 2.72. The Hall–Kier alpha value is -4.14. The van der Waals surface area contributed by atoms with Crippen molar-refractivity contribution in [3.8, 4) is 11.5 Å². The van der Waals surface area contributed by atoms with E-state index in [1.165, 1.54) is 19.4 Å². The number of benzene rings is 2. The summed E-state index contributed by atoms with van der Waals surface area (Å²) < 4.78 is 15.9. The molecule has 0 saturated heterocycles. The number of methoxy groups -OCH3 is 1. The molecule has 0 aromatic heterocycles. The number of Topliss-reactive ketones (excluding diaryl/α,β-unsaturated/α-hetero) is 1. The zero-order valence-corrected chi connectivity index (χ0v) is 22.1. The van der Waals surface area contributed by atoms with Gasteiger partial charge in [0.05, 0.1) is 38.2 Å². The van der Waals surface area contributed by atoms with Gasteiger partial charge >= 0.3 is 5.97 Å². The SMILES string of the molecule is CCOc1cc2c(cc1C(=O)NC)C(=N)N(CC(=O)c1ccc(OC=CC(=O)OC)c(C(C)(C)C)c1)C2. The van der Waals surface area contributed by atoms with Crippen molar-refractivity contribution in [1.29, 1.82) is 5.41 Å². The Balaban J connectivity index is 1.83. The van der Waals surface area contributed by atoms with Gasteiger partial charge in [0.15, 0.2) is 5.78 Å². The number of ether oxygens (including phenoxy) is 3. The summed E-state index contributed by atoms with van der Waals surface area (Å²) in [5, 5.41) is 11.2. The number of carbonyl (C=O) groups is 3. The number of amides is 1. The number of esters is 1. The summed E-state index contributed by atoms with van der Waals surface area (Å²) in [6, 6.07) is 8.57. The van der Waals surface area contributed by atoms with Crippen LogP contribution in [0.25, 0.3) is 0 Å². The summed E-state index contributed by atoms with van der Waals surface area (Å²) in [6.07, 6.45) is 2.43. The van der Waals surface area contributed by atoms with E-state index < -0.39 is 5.97 Å². The Morgan fingerprint density at radius 1 is 1.14 bits per heavy atom. The zero-order valence-electron chi connectivity index (χ0n) is 22.1. The van der Waals surface area contributed by atoms with Crippen LogP contribution in [0.5, 0.6) is 11.5 Å². The van der Waals surface area contributed by atoms with Crippen LogP contribution in [-0.4, -0.2) is 55.7 Å². The van der Waals surface area contributed by atoms with Crippen molar-refractivity contribution >= 4 is 23.5 Å². The molecule has 0 saturated carbocycles. The molecule has 0 bridgehead atoms. The van der Waals surface area contributed by atoms with E-state index >= 15 is 0 Å². The second-order valence-corrected chi connectivity index (χ2v) is 9.55. The lowest BCUT2D eigenvalue weighted by Crippen LogP contribution is -2.30. The normalized spacial score (nSPS) is 12.9. The topological polar surface area (TPSA) is 118 Å².